The number of rotatable bonds is 8. The van der Waals surface area contributed by atoms with Gasteiger partial charge in [0.25, 0.3) is 0 Å². The Balaban J connectivity index is 2.86. The van der Waals surface area contributed by atoms with Gasteiger partial charge in [-0.25, -0.2) is 4.98 Å². The van der Waals surface area contributed by atoms with Crippen molar-refractivity contribution < 1.29 is 4.74 Å². The minimum absolute atomic E-state index is 0.250. The van der Waals surface area contributed by atoms with E-state index in [9.17, 15) is 0 Å². The number of methoxy groups -OCH3 is 1. The first kappa shape index (κ1) is 16.2. The highest BCUT2D eigenvalue weighted by Gasteiger charge is 2.17. The Morgan fingerprint density at radius 3 is 2.74 bits per heavy atom. The van der Waals surface area contributed by atoms with E-state index in [0.29, 0.717) is 11.6 Å². The number of aromatic nitrogens is 1. The van der Waals surface area contributed by atoms with Gasteiger partial charge >= 0.3 is 0 Å². The fraction of sp³-hybridized carbons (Fsp3) is 0.643. The summed E-state index contributed by atoms with van der Waals surface area (Å²) in [6.45, 7) is 9.52. The van der Waals surface area contributed by atoms with E-state index < -0.39 is 0 Å². The minimum Gasteiger partial charge on any atom is -0.383 e. The van der Waals surface area contributed by atoms with Gasteiger partial charge in [0, 0.05) is 26.4 Å². The lowest BCUT2D eigenvalue weighted by molar-refractivity contribution is 0.181. The normalized spacial score (nSPS) is 12.5. The second-order valence-corrected chi connectivity index (χ2v) is 4.93. The molecule has 1 aromatic rings. The van der Waals surface area contributed by atoms with Crippen molar-refractivity contribution in [1.29, 1.82) is 0 Å². The maximum absolute atomic E-state index is 6.35. The summed E-state index contributed by atoms with van der Waals surface area (Å²) < 4.78 is 5.20. The van der Waals surface area contributed by atoms with Crippen LogP contribution in [0.1, 0.15) is 26.3 Å². The third-order valence-electron chi connectivity index (χ3n) is 3.01. The standard InChI is InChI=1S/C14H24ClN3O/c1-5-16-8-12-7-13(15)14(17-9-12)18(6-2)11(3)10-19-4/h7,9,11,16H,5-6,8,10H2,1-4H3. The van der Waals surface area contributed by atoms with Crippen LogP contribution in [-0.4, -0.2) is 37.8 Å². The summed E-state index contributed by atoms with van der Waals surface area (Å²) >= 11 is 6.35. The van der Waals surface area contributed by atoms with Crippen molar-refractivity contribution in [3.05, 3.63) is 22.8 Å². The van der Waals surface area contributed by atoms with Crippen LogP contribution in [-0.2, 0) is 11.3 Å². The molecule has 0 amide bonds. The summed E-state index contributed by atoms with van der Waals surface area (Å²) in [5, 5.41) is 3.96. The average Bonchev–Trinajstić information content (AvgIpc) is 2.39. The van der Waals surface area contributed by atoms with Gasteiger partial charge in [0.2, 0.25) is 0 Å². The number of halogens is 1. The highest BCUT2D eigenvalue weighted by molar-refractivity contribution is 6.33. The Kier molecular flexibility index (Phi) is 7.13. The average molecular weight is 286 g/mol. The molecule has 0 saturated carbocycles. The second-order valence-electron chi connectivity index (χ2n) is 4.52. The van der Waals surface area contributed by atoms with Gasteiger partial charge in [-0.3, -0.25) is 0 Å². The molecule has 5 heteroatoms. The molecule has 4 nitrogen and oxygen atoms in total. The van der Waals surface area contributed by atoms with E-state index >= 15 is 0 Å². The first-order valence-electron chi connectivity index (χ1n) is 6.74. The lowest BCUT2D eigenvalue weighted by Crippen LogP contribution is -2.37. The number of anilines is 1. The monoisotopic (exact) mass is 285 g/mol. The molecule has 1 N–H and O–H groups in total. The number of nitrogens with zero attached hydrogens (tertiary/aromatic N) is 2. The summed E-state index contributed by atoms with van der Waals surface area (Å²) in [7, 11) is 1.71. The van der Waals surface area contributed by atoms with E-state index in [-0.39, 0.29) is 6.04 Å². The zero-order chi connectivity index (χ0) is 14.3. The molecule has 0 bridgehead atoms. The van der Waals surface area contributed by atoms with E-state index in [1.54, 1.807) is 7.11 Å². The maximum Gasteiger partial charge on any atom is 0.147 e. The van der Waals surface area contributed by atoms with Crippen LogP contribution in [0.4, 0.5) is 5.82 Å². The Bertz CT molecular complexity index is 387. The number of pyridine rings is 1. The second kappa shape index (κ2) is 8.35. The molecule has 0 spiro atoms. The van der Waals surface area contributed by atoms with Gasteiger partial charge in [-0.2, -0.15) is 0 Å². The molecule has 1 rings (SSSR count). The molecule has 0 radical (unpaired) electrons. The van der Waals surface area contributed by atoms with Crippen molar-refractivity contribution in [2.24, 2.45) is 0 Å². The van der Waals surface area contributed by atoms with Gasteiger partial charge < -0.3 is 15.0 Å². The molecule has 0 saturated heterocycles. The minimum atomic E-state index is 0.250. The fourth-order valence-corrected chi connectivity index (χ4v) is 2.35. The highest BCUT2D eigenvalue weighted by Crippen LogP contribution is 2.25. The Hall–Kier alpha value is -0.840. The largest absolute Gasteiger partial charge is 0.383 e. The van der Waals surface area contributed by atoms with E-state index in [1.165, 1.54) is 0 Å². The number of ether oxygens (including phenoxy) is 1. The van der Waals surface area contributed by atoms with Gasteiger partial charge in [0.05, 0.1) is 17.7 Å². The van der Waals surface area contributed by atoms with Gasteiger partial charge in [-0.15, -0.1) is 0 Å². The predicted molar refractivity (Wildman–Crippen MR) is 81.0 cm³/mol. The molecular formula is C14H24ClN3O. The molecule has 0 aliphatic heterocycles. The van der Waals surface area contributed by atoms with E-state index in [2.05, 4.69) is 36.0 Å². The smallest absolute Gasteiger partial charge is 0.147 e. The first-order chi connectivity index (χ1) is 9.13. The molecule has 108 valence electrons. The van der Waals surface area contributed by atoms with Crippen LogP contribution >= 0.6 is 11.6 Å². The number of hydrogen-bond donors (Lipinski definition) is 1. The highest BCUT2D eigenvalue weighted by atomic mass is 35.5. The van der Waals surface area contributed by atoms with Gasteiger partial charge in [0.1, 0.15) is 5.82 Å². The van der Waals surface area contributed by atoms with E-state index in [4.69, 9.17) is 16.3 Å². The maximum atomic E-state index is 6.35. The summed E-state index contributed by atoms with van der Waals surface area (Å²) in [5.74, 6) is 0.828. The Morgan fingerprint density at radius 1 is 1.47 bits per heavy atom. The first-order valence-corrected chi connectivity index (χ1v) is 7.12. The third kappa shape index (κ3) is 4.64. The zero-order valence-electron chi connectivity index (χ0n) is 12.2. The molecule has 1 atom stereocenters. The molecular weight excluding hydrogens is 262 g/mol. The van der Waals surface area contributed by atoms with Crippen LogP contribution in [0.5, 0.6) is 0 Å². The fourth-order valence-electron chi connectivity index (χ4n) is 2.05. The van der Waals surface area contributed by atoms with Crippen molar-refractivity contribution in [3.8, 4) is 0 Å². The number of hydrogen-bond acceptors (Lipinski definition) is 4. The number of likely N-dealkylation sites (N-methyl/N-ethyl adjacent to an activating group) is 1. The predicted octanol–water partition coefficient (Wildman–Crippen LogP) is 2.71. The Labute approximate surface area is 121 Å². The number of nitrogens with one attached hydrogen (secondary N) is 1. The van der Waals surface area contributed by atoms with Crippen LogP contribution in [0.2, 0.25) is 5.02 Å². The van der Waals surface area contributed by atoms with Crippen molar-refractivity contribution in [1.82, 2.24) is 10.3 Å². The van der Waals surface area contributed by atoms with Crippen LogP contribution in [0.15, 0.2) is 12.3 Å². The van der Waals surface area contributed by atoms with E-state index in [0.717, 1.165) is 31.0 Å². The summed E-state index contributed by atoms with van der Waals surface area (Å²) in [6.07, 6.45) is 1.88. The molecule has 0 fully saturated rings. The lowest BCUT2D eigenvalue weighted by Gasteiger charge is -2.29. The molecule has 0 aliphatic carbocycles. The summed E-state index contributed by atoms with van der Waals surface area (Å²) in [6, 6.07) is 2.23. The molecule has 1 aromatic heterocycles. The Morgan fingerprint density at radius 2 is 2.21 bits per heavy atom. The van der Waals surface area contributed by atoms with Crippen molar-refractivity contribution >= 4 is 17.4 Å². The third-order valence-corrected chi connectivity index (χ3v) is 3.29. The lowest BCUT2D eigenvalue weighted by atomic mass is 10.2. The molecule has 19 heavy (non-hydrogen) atoms. The molecule has 1 unspecified atom stereocenters. The van der Waals surface area contributed by atoms with Gasteiger partial charge in [-0.05, 0) is 32.0 Å². The van der Waals surface area contributed by atoms with Gasteiger partial charge in [0.15, 0.2) is 0 Å². The van der Waals surface area contributed by atoms with Crippen molar-refractivity contribution in [3.63, 3.8) is 0 Å². The molecule has 1 heterocycles. The van der Waals surface area contributed by atoms with Crippen LogP contribution in [0, 0.1) is 0 Å². The zero-order valence-corrected chi connectivity index (χ0v) is 13.0. The van der Waals surface area contributed by atoms with Crippen LogP contribution < -0.4 is 10.2 Å². The van der Waals surface area contributed by atoms with E-state index in [1.807, 2.05) is 12.3 Å². The van der Waals surface area contributed by atoms with Crippen LogP contribution in [0.25, 0.3) is 0 Å². The summed E-state index contributed by atoms with van der Waals surface area (Å²) in [5.41, 5.74) is 1.10. The summed E-state index contributed by atoms with van der Waals surface area (Å²) in [4.78, 5) is 6.66. The van der Waals surface area contributed by atoms with Crippen molar-refractivity contribution in [2.45, 2.75) is 33.4 Å². The van der Waals surface area contributed by atoms with Crippen LogP contribution in [0.3, 0.4) is 0 Å². The molecule has 0 aliphatic rings. The topological polar surface area (TPSA) is 37.4 Å². The SMILES string of the molecule is CCNCc1cnc(N(CC)C(C)COC)c(Cl)c1. The van der Waals surface area contributed by atoms with Crippen molar-refractivity contribution in [2.75, 3.05) is 31.7 Å². The molecule has 0 aromatic carbocycles. The quantitative estimate of drug-likeness (QED) is 0.797. The van der Waals surface area contributed by atoms with Gasteiger partial charge in [-0.1, -0.05) is 18.5 Å².